The van der Waals surface area contributed by atoms with Crippen LogP contribution in [0.15, 0.2) is 32.5 Å². The quantitative estimate of drug-likeness (QED) is 0.852. The number of aryl methyl sites for hydroxylation is 1. The SMILES string of the molecule is CCc1ccc(C(=O)N(C)Cc2cc(Br)cs2)o1. The van der Waals surface area contributed by atoms with Crippen LogP contribution < -0.4 is 0 Å². The molecule has 0 unspecified atom stereocenters. The van der Waals surface area contributed by atoms with E-state index >= 15 is 0 Å². The van der Waals surface area contributed by atoms with Gasteiger partial charge in [-0.1, -0.05) is 6.92 Å². The van der Waals surface area contributed by atoms with Crippen LogP contribution in [0.4, 0.5) is 0 Å². The number of furan rings is 1. The Morgan fingerprint density at radius 1 is 1.50 bits per heavy atom. The van der Waals surface area contributed by atoms with E-state index in [0.29, 0.717) is 12.3 Å². The molecule has 2 heterocycles. The lowest BCUT2D eigenvalue weighted by Crippen LogP contribution is -2.25. The third kappa shape index (κ3) is 3.03. The maximum Gasteiger partial charge on any atom is 0.289 e. The molecule has 0 N–H and O–H groups in total. The Morgan fingerprint density at radius 2 is 2.28 bits per heavy atom. The summed E-state index contributed by atoms with van der Waals surface area (Å²) >= 11 is 5.03. The minimum atomic E-state index is -0.0841. The molecule has 0 saturated carbocycles. The van der Waals surface area contributed by atoms with Crippen LogP contribution in [0, 0.1) is 0 Å². The monoisotopic (exact) mass is 327 g/mol. The second-order valence-corrected chi connectivity index (χ2v) is 5.92. The van der Waals surface area contributed by atoms with E-state index in [1.165, 1.54) is 0 Å². The van der Waals surface area contributed by atoms with E-state index in [2.05, 4.69) is 15.9 Å². The molecule has 2 rings (SSSR count). The molecule has 0 saturated heterocycles. The second kappa shape index (κ2) is 5.71. The average molecular weight is 328 g/mol. The van der Waals surface area contributed by atoms with Gasteiger partial charge in [-0.25, -0.2) is 0 Å². The van der Waals surface area contributed by atoms with Crippen molar-refractivity contribution < 1.29 is 9.21 Å². The number of amides is 1. The van der Waals surface area contributed by atoms with Gasteiger partial charge in [0.2, 0.25) is 0 Å². The third-order valence-corrected chi connectivity index (χ3v) is 4.26. The fourth-order valence-electron chi connectivity index (χ4n) is 1.61. The van der Waals surface area contributed by atoms with Crippen LogP contribution in [-0.4, -0.2) is 17.9 Å². The minimum absolute atomic E-state index is 0.0841. The number of rotatable bonds is 4. The summed E-state index contributed by atoms with van der Waals surface area (Å²) in [6, 6.07) is 5.61. The highest BCUT2D eigenvalue weighted by Gasteiger charge is 2.16. The lowest BCUT2D eigenvalue weighted by Gasteiger charge is -2.14. The molecule has 5 heteroatoms. The number of thiophene rings is 1. The lowest BCUT2D eigenvalue weighted by molar-refractivity contribution is 0.0753. The summed E-state index contributed by atoms with van der Waals surface area (Å²) in [4.78, 5) is 14.9. The van der Waals surface area contributed by atoms with E-state index < -0.39 is 0 Å². The largest absolute Gasteiger partial charge is 0.456 e. The summed E-state index contributed by atoms with van der Waals surface area (Å²) in [6.07, 6.45) is 0.800. The fraction of sp³-hybridized carbons (Fsp3) is 0.308. The number of nitrogens with zero attached hydrogens (tertiary/aromatic N) is 1. The molecule has 2 aromatic rings. The van der Waals surface area contributed by atoms with Crippen molar-refractivity contribution in [2.24, 2.45) is 0 Å². The number of hydrogen-bond acceptors (Lipinski definition) is 3. The zero-order valence-corrected chi connectivity index (χ0v) is 12.7. The minimum Gasteiger partial charge on any atom is -0.456 e. The van der Waals surface area contributed by atoms with Gasteiger partial charge >= 0.3 is 0 Å². The van der Waals surface area contributed by atoms with E-state index in [9.17, 15) is 4.79 Å². The van der Waals surface area contributed by atoms with Gasteiger partial charge in [0.05, 0.1) is 6.54 Å². The topological polar surface area (TPSA) is 33.5 Å². The predicted molar refractivity (Wildman–Crippen MR) is 75.9 cm³/mol. The summed E-state index contributed by atoms with van der Waals surface area (Å²) in [7, 11) is 1.78. The van der Waals surface area contributed by atoms with Crippen molar-refractivity contribution in [2.75, 3.05) is 7.05 Å². The molecule has 0 aromatic carbocycles. The van der Waals surface area contributed by atoms with E-state index in [1.54, 1.807) is 29.4 Å². The van der Waals surface area contributed by atoms with Crippen LogP contribution in [0.5, 0.6) is 0 Å². The Bertz CT molecular complexity index is 547. The van der Waals surface area contributed by atoms with Gasteiger partial charge in [-0.2, -0.15) is 0 Å². The van der Waals surface area contributed by atoms with Gasteiger partial charge < -0.3 is 9.32 Å². The first kappa shape index (κ1) is 13.4. The summed E-state index contributed by atoms with van der Waals surface area (Å²) < 4.78 is 6.51. The first-order chi connectivity index (χ1) is 8.60. The fourth-order valence-corrected chi connectivity index (χ4v) is 3.12. The van der Waals surface area contributed by atoms with Crippen molar-refractivity contribution in [3.05, 3.63) is 44.4 Å². The van der Waals surface area contributed by atoms with Gasteiger partial charge in [0.25, 0.3) is 5.91 Å². The molecule has 0 bridgehead atoms. The van der Waals surface area contributed by atoms with Crippen LogP contribution in [0.3, 0.4) is 0 Å². The van der Waals surface area contributed by atoms with Gasteiger partial charge in [0.1, 0.15) is 5.76 Å². The van der Waals surface area contributed by atoms with Crippen molar-refractivity contribution in [3.8, 4) is 0 Å². The Morgan fingerprint density at radius 3 is 2.83 bits per heavy atom. The Balaban J connectivity index is 2.04. The van der Waals surface area contributed by atoms with Gasteiger partial charge in [-0.05, 0) is 34.1 Å². The van der Waals surface area contributed by atoms with E-state index in [-0.39, 0.29) is 5.91 Å². The van der Waals surface area contributed by atoms with Gasteiger partial charge in [0, 0.05) is 28.2 Å². The van der Waals surface area contributed by atoms with Gasteiger partial charge in [-0.15, -0.1) is 11.3 Å². The highest BCUT2D eigenvalue weighted by atomic mass is 79.9. The normalized spacial score (nSPS) is 10.6. The standard InChI is InChI=1S/C13H14BrNO2S/c1-3-10-4-5-12(17-10)13(16)15(2)7-11-6-9(14)8-18-11/h4-6,8H,3,7H2,1-2H3. The molecule has 0 aliphatic heterocycles. The smallest absolute Gasteiger partial charge is 0.289 e. The summed E-state index contributed by atoms with van der Waals surface area (Å²) in [5.41, 5.74) is 0. The Labute approximate surface area is 119 Å². The molecule has 0 radical (unpaired) electrons. The molecule has 0 aliphatic rings. The molecule has 3 nitrogen and oxygen atoms in total. The molecule has 0 aliphatic carbocycles. The van der Waals surface area contributed by atoms with Crippen molar-refractivity contribution in [1.82, 2.24) is 4.90 Å². The van der Waals surface area contributed by atoms with E-state index in [0.717, 1.165) is 21.5 Å². The first-order valence-corrected chi connectivity index (χ1v) is 7.34. The zero-order valence-electron chi connectivity index (χ0n) is 10.3. The summed E-state index contributed by atoms with van der Waals surface area (Å²) in [5, 5.41) is 2.01. The van der Waals surface area contributed by atoms with Crippen molar-refractivity contribution in [3.63, 3.8) is 0 Å². The molecular weight excluding hydrogens is 314 g/mol. The summed E-state index contributed by atoms with van der Waals surface area (Å²) in [6.45, 7) is 2.59. The molecule has 0 fully saturated rings. The maximum atomic E-state index is 12.1. The number of carbonyl (C=O) groups excluding carboxylic acids is 1. The third-order valence-electron chi connectivity index (χ3n) is 2.58. The van der Waals surface area contributed by atoms with Crippen LogP contribution in [0.25, 0.3) is 0 Å². The molecule has 2 aromatic heterocycles. The number of halogens is 1. The van der Waals surface area contributed by atoms with Crippen LogP contribution in [0.2, 0.25) is 0 Å². The molecule has 0 spiro atoms. The van der Waals surface area contributed by atoms with Crippen LogP contribution in [0.1, 0.15) is 28.1 Å². The number of hydrogen-bond donors (Lipinski definition) is 0. The average Bonchev–Trinajstić information content (AvgIpc) is 2.97. The molecule has 96 valence electrons. The molecular formula is C13H14BrNO2S. The van der Waals surface area contributed by atoms with E-state index in [1.807, 2.05) is 24.4 Å². The van der Waals surface area contributed by atoms with Gasteiger partial charge in [0.15, 0.2) is 5.76 Å². The predicted octanol–water partition coefficient (Wildman–Crippen LogP) is 3.94. The van der Waals surface area contributed by atoms with Gasteiger partial charge in [-0.3, -0.25) is 4.79 Å². The van der Waals surface area contributed by atoms with E-state index in [4.69, 9.17) is 4.42 Å². The zero-order chi connectivity index (χ0) is 13.1. The van der Waals surface area contributed by atoms with Crippen LogP contribution in [-0.2, 0) is 13.0 Å². The highest BCUT2D eigenvalue weighted by Crippen LogP contribution is 2.21. The van der Waals surface area contributed by atoms with Crippen molar-refractivity contribution >= 4 is 33.2 Å². The van der Waals surface area contributed by atoms with Crippen molar-refractivity contribution in [1.29, 1.82) is 0 Å². The molecule has 18 heavy (non-hydrogen) atoms. The Kier molecular flexibility index (Phi) is 4.24. The Hall–Kier alpha value is -1.07. The second-order valence-electron chi connectivity index (χ2n) is 4.01. The van der Waals surface area contributed by atoms with Crippen molar-refractivity contribution in [2.45, 2.75) is 19.9 Å². The highest BCUT2D eigenvalue weighted by molar-refractivity contribution is 9.10. The summed E-state index contributed by atoms with van der Waals surface area (Å²) in [5.74, 6) is 1.16. The maximum absolute atomic E-state index is 12.1. The molecule has 1 amide bonds. The lowest BCUT2D eigenvalue weighted by atomic mass is 10.3. The van der Waals surface area contributed by atoms with Crippen LogP contribution >= 0.6 is 27.3 Å². The first-order valence-electron chi connectivity index (χ1n) is 5.67. The molecule has 0 atom stereocenters. The number of carbonyl (C=O) groups is 1.